The van der Waals surface area contributed by atoms with E-state index in [1.54, 1.807) is 6.07 Å². The number of anilines is 1. The SMILES string of the molecule is CC1(NS(=O)(=O)c2cc(N3CC4(CCNC4)C3)c3c(Cl)nc(-c4nnc(C(F)F)s4)n3c2)CC1.O=CO. The summed E-state index contributed by atoms with van der Waals surface area (Å²) in [7, 11) is -3.85. The van der Waals surface area contributed by atoms with Gasteiger partial charge in [-0.3, -0.25) is 9.20 Å². The van der Waals surface area contributed by atoms with Gasteiger partial charge in [0.05, 0.1) is 5.69 Å². The number of rotatable bonds is 6. The number of pyridine rings is 1. The van der Waals surface area contributed by atoms with Crippen molar-refractivity contribution in [1.82, 2.24) is 29.6 Å². The summed E-state index contributed by atoms with van der Waals surface area (Å²) < 4.78 is 57.1. The van der Waals surface area contributed by atoms with Crippen LogP contribution in [-0.4, -0.2) is 71.3 Å². The van der Waals surface area contributed by atoms with Gasteiger partial charge in [0, 0.05) is 36.8 Å². The predicted octanol–water partition coefficient (Wildman–Crippen LogP) is 2.78. The summed E-state index contributed by atoms with van der Waals surface area (Å²) in [6.07, 6.45) is 1.26. The fourth-order valence-corrected chi connectivity index (χ4v) is 7.19. The fraction of sp³-hybridized carbons (Fsp3) is 0.524. The zero-order valence-corrected chi connectivity index (χ0v) is 22.0. The first-order valence-electron chi connectivity index (χ1n) is 11.4. The van der Waals surface area contributed by atoms with Crippen LogP contribution in [0.25, 0.3) is 16.3 Å². The average Bonchev–Trinajstić information content (AvgIpc) is 3.25. The van der Waals surface area contributed by atoms with E-state index in [4.69, 9.17) is 21.5 Å². The van der Waals surface area contributed by atoms with Gasteiger partial charge in [0.15, 0.2) is 21.0 Å². The van der Waals surface area contributed by atoms with Crippen LogP contribution < -0.4 is 14.9 Å². The molecule has 3 N–H and O–H groups in total. The third-order valence-corrected chi connectivity index (χ3v) is 9.68. The number of carboxylic acid groups (broad SMARTS) is 1. The maximum Gasteiger partial charge on any atom is 0.291 e. The van der Waals surface area contributed by atoms with Crippen LogP contribution in [0.3, 0.4) is 0 Å². The molecule has 0 radical (unpaired) electrons. The topological polar surface area (TPSA) is 142 Å². The normalized spacial score (nSPS) is 19.6. The smallest absolute Gasteiger partial charge is 0.291 e. The van der Waals surface area contributed by atoms with Crippen molar-refractivity contribution in [2.24, 2.45) is 5.41 Å². The maximum atomic E-state index is 13.3. The van der Waals surface area contributed by atoms with Gasteiger partial charge in [-0.15, -0.1) is 10.2 Å². The molecular formula is C21H24ClF2N7O4S2. The quantitative estimate of drug-likeness (QED) is 0.378. The van der Waals surface area contributed by atoms with Crippen molar-refractivity contribution in [1.29, 1.82) is 0 Å². The molecule has 0 unspecified atom stereocenters. The van der Waals surface area contributed by atoms with Crippen LogP contribution in [0.15, 0.2) is 17.2 Å². The summed E-state index contributed by atoms with van der Waals surface area (Å²) in [4.78, 5) is 14.9. The van der Waals surface area contributed by atoms with Gasteiger partial charge in [-0.2, -0.15) is 0 Å². The van der Waals surface area contributed by atoms with Crippen LogP contribution in [0.4, 0.5) is 14.5 Å². The van der Waals surface area contributed by atoms with Crippen molar-refractivity contribution in [3.05, 3.63) is 22.4 Å². The zero-order valence-electron chi connectivity index (χ0n) is 19.6. The summed E-state index contributed by atoms with van der Waals surface area (Å²) in [6.45, 7) is 5.01. The second-order valence-electron chi connectivity index (χ2n) is 9.81. The Hall–Kier alpha value is -2.46. The number of imidazole rings is 1. The van der Waals surface area contributed by atoms with E-state index in [-0.39, 0.29) is 32.8 Å². The third kappa shape index (κ3) is 4.90. The van der Waals surface area contributed by atoms with Gasteiger partial charge in [0.25, 0.3) is 12.9 Å². The van der Waals surface area contributed by atoms with Gasteiger partial charge in [-0.25, -0.2) is 26.9 Å². The van der Waals surface area contributed by atoms with Crippen molar-refractivity contribution in [2.75, 3.05) is 31.1 Å². The standard InChI is InChI=1S/C20H22ClF2N7O2S2.CH2O2/c1-19(2-3-19)28-34(31,32)11-6-12(29-9-20(10-29)4-5-24-8-20)13-14(21)25-16(30(13)7-11)18-27-26-17(33-18)15(22)23;2-1-3/h6-7,15,24,28H,2-5,8-10H2,1H3;1H,(H,2,3). The minimum atomic E-state index is -3.85. The molecule has 200 valence electrons. The molecule has 0 aromatic carbocycles. The van der Waals surface area contributed by atoms with E-state index in [1.165, 1.54) is 10.6 Å². The number of hydrogen-bond donors (Lipinski definition) is 3. The Labute approximate surface area is 219 Å². The van der Waals surface area contributed by atoms with Crippen LogP contribution in [-0.2, 0) is 14.8 Å². The number of halogens is 3. The van der Waals surface area contributed by atoms with E-state index in [2.05, 4.69) is 30.1 Å². The van der Waals surface area contributed by atoms with Crippen LogP contribution >= 0.6 is 22.9 Å². The van der Waals surface area contributed by atoms with Crippen molar-refractivity contribution < 1.29 is 27.1 Å². The van der Waals surface area contributed by atoms with Crippen molar-refractivity contribution in [2.45, 2.75) is 43.0 Å². The molecule has 3 fully saturated rings. The molecule has 2 aliphatic heterocycles. The number of hydrogen-bond acceptors (Lipinski definition) is 9. The second kappa shape index (κ2) is 9.38. The molecule has 11 nitrogen and oxygen atoms in total. The number of sulfonamides is 1. The molecule has 1 saturated carbocycles. The van der Waals surface area contributed by atoms with Gasteiger partial charge in [0.2, 0.25) is 10.0 Å². The molecule has 37 heavy (non-hydrogen) atoms. The number of nitrogens with one attached hydrogen (secondary N) is 2. The van der Waals surface area contributed by atoms with E-state index in [0.29, 0.717) is 22.5 Å². The Morgan fingerprint density at radius 1 is 1.30 bits per heavy atom. The summed E-state index contributed by atoms with van der Waals surface area (Å²) in [6, 6.07) is 1.63. The molecule has 3 aromatic heterocycles. The molecule has 6 rings (SSSR count). The number of carbonyl (C=O) groups is 1. The highest BCUT2D eigenvalue weighted by Crippen LogP contribution is 2.44. The molecule has 5 heterocycles. The summed E-state index contributed by atoms with van der Waals surface area (Å²) in [5.41, 5.74) is 0.865. The van der Waals surface area contributed by atoms with E-state index >= 15 is 0 Å². The highest BCUT2D eigenvalue weighted by Gasteiger charge is 2.46. The molecule has 1 spiro atoms. The van der Waals surface area contributed by atoms with Crippen LogP contribution in [0.1, 0.15) is 37.6 Å². The lowest BCUT2D eigenvalue weighted by atomic mass is 9.79. The number of fused-ring (bicyclic) bond motifs is 1. The van der Waals surface area contributed by atoms with Crippen LogP contribution in [0.2, 0.25) is 5.15 Å². The molecule has 0 amide bonds. The Kier molecular flexibility index (Phi) is 6.63. The molecule has 3 aromatic rings. The predicted molar refractivity (Wildman–Crippen MR) is 133 cm³/mol. The van der Waals surface area contributed by atoms with Crippen LogP contribution in [0, 0.1) is 5.41 Å². The lowest BCUT2D eigenvalue weighted by Crippen LogP contribution is -2.57. The van der Waals surface area contributed by atoms with E-state index in [0.717, 1.165) is 45.4 Å². The highest BCUT2D eigenvalue weighted by atomic mass is 35.5. The largest absolute Gasteiger partial charge is 0.483 e. The minimum Gasteiger partial charge on any atom is -0.483 e. The molecule has 3 aliphatic rings. The fourth-order valence-electron chi connectivity index (χ4n) is 4.75. The molecule has 0 atom stereocenters. The van der Waals surface area contributed by atoms with Crippen molar-refractivity contribution in [3.63, 3.8) is 0 Å². The first-order valence-corrected chi connectivity index (χ1v) is 14.1. The Morgan fingerprint density at radius 2 is 2.00 bits per heavy atom. The third-order valence-electron chi connectivity index (χ3n) is 6.88. The van der Waals surface area contributed by atoms with Gasteiger partial charge in [-0.05, 0) is 38.8 Å². The van der Waals surface area contributed by atoms with Crippen molar-refractivity contribution >= 4 is 50.6 Å². The first-order chi connectivity index (χ1) is 17.5. The molecule has 16 heteroatoms. The Balaban J connectivity index is 0.000000892. The number of aromatic nitrogens is 4. The Morgan fingerprint density at radius 3 is 2.57 bits per heavy atom. The van der Waals surface area contributed by atoms with E-state index < -0.39 is 27.0 Å². The molecule has 0 bridgehead atoms. The van der Waals surface area contributed by atoms with Gasteiger partial charge in [-0.1, -0.05) is 22.9 Å². The van der Waals surface area contributed by atoms with Crippen LogP contribution in [0.5, 0.6) is 0 Å². The first kappa shape index (κ1) is 26.2. The van der Waals surface area contributed by atoms with Gasteiger partial charge >= 0.3 is 0 Å². The van der Waals surface area contributed by atoms with Gasteiger partial charge in [0.1, 0.15) is 10.4 Å². The monoisotopic (exact) mass is 575 g/mol. The second-order valence-corrected chi connectivity index (χ2v) is 12.9. The summed E-state index contributed by atoms with van der Waals surface area (Å²) >= 11 is 7.24. The lowest BCUT2D eigenvalue weighted by Gasteiger charge is -2.49. The maximum absolute atomic E-state index is 13.3. The van der Waals surface area contributed by atoms with E-state index in [1.807, 2.05) is 6.92 Å². The lowest BCUT2D eigenvalue weighted by molar-refractivity contribution is -0.122. The van der Waals surface area contributed by atoms with E-state index in [9.17, 15) is 17.2 Å². The molecular weight excluding hydrogens is 552 g/mol. The molecule has 2 saturated heterocycles. The number of alkyl halides is 2. The highest BCUT2D eigenvalue weighted by molar-refractivity contribution is 7.89. The summed E-state index contributed by atoms with van der Waals surface area (Å²) in [5.74, 6) is 0.179. The summed E-state index contributed by atoms with van der Waals surface area (Å²) in [5, 5.41) is 17.5. The average molecular weight is 576 g/mol. The minimum absolute atomic E-state index is 0.0579. The van der Waals surface area contributed by atoms with Gasteiger partial charge < -0.3 is 15.3 Å². The number of nitrogens with zero attached hydrogens (tertiary/aromatic N) is 5. The van der Waals surface area contributed by atoms with Crippen molar-refractivity contribution in [3.8, 4) is 10.8 Å². The Bertz CT molecular complexity index is 1440. The zero-order chi connectivity index (χ0) is 26.6. The molecule has 1 aliphatic carbocycles.